The van der Waals surface area contributed by atoms with Gasteiger partial charge in [-0.2, -0.15) is 13.2 Å². The average Bonchev–Trinajstić information content (AvgIpc) is 3.14. The third-order valence-corrected chi connectivity index (χ3v) is 6.40. The maximum absolute atomic E-state index is 13.1. The molecule has 8 nitrogen and oxygen atoms in total. The number of nitrogens with two attached hydrogens (primary N) is 1. The highest BCUT2D eigenvalue weighted by Gasteiger charge is 2.48. The summed E-state index contributed by atoms with van der Waals surface area (Å²) in [7, 11) is 1.39. The van der Waals surface area contributed by atoms with Crippen LogP contribution in [0.4, 0.5) is 23.8 Å². The van der Waals surface area contributed by atoms with Gasteiger partial charge in [0.15, 0.2) is 0 Å². The van der Waals surface area contributed by atoms with Crippen LogP contribution in [0.15, 0.2) is 18.3 Å². The van der Waals surface area contributed by atoms with Gasteiger partial charge >= 0.3 is 12.2 Å². The Kier molecular flexibility index (Phi) is 7.84. The van der Waals surface area contributed by atoms with Crippen molar-refractivity contribution >= 4 is 29.4 Å². The summed E-state index contributed by atoms with van der Waals surface area (Å²) in [6.45, 7) is -0.578. The molecule has 0 spiro atoms. The molecule has 1 aromatic rings. The predicted molar refractivity (Wildman–Crippen MR) is 112 cm³/mol. The van der Waals surface area contributed by atoms with Crippen molar-refractivity contribution in [3.05, 3.63) is 23.9 Å². The first-order valence-corrected chi connectivity index (χ1v) is 10.8. The van der Waals surface area contributed by atoms with Crippen molar-refractivity contribution in [2.75, 3.05) is 25.6 Å². The molecule has 0 bridgehead atoms. The van der Waals surface area contributed by atoms with E-state index in [2.05, 4.69) is 10.3 Å². The molecular formula is C20H27ClF3N5O3. The van der Waals surface area contributed by atoms with Crippen LogP contribution < -0.4 is 16.4 Å². The zero-order valence-corrected chi connectivity index (χ0v) is 18.3. The first-order chi connectivity index (χ1) is 15.1. The third-order valence-electron chi connectivity index (χ3n) is 5.97. The van der Waals surface area contributed by atoms with Gasteiger partial charge < -0.3 is 26.0 Å². The van der Waals surface area contributed by atoms with E-state index in [1.807, 2.05) is 5.32 Å². The molecule has 0 unspecified atom stereocenters. The summed E-state index contributed by atoms with van der Waals surface area (Å²) in [6.07, 6.45) is -0.0226. The van der Waals surface area contributed by atoms with Crippen molar-refractivity contribution in [2.45, 2.75) is 55.4 Å². The van der Waals surface area contributed by atoms with Crippen LogP contribution in [-0.4, -0.2) is 65.7 Å². The minimum Gasteiger partial charge on any atom is -0.382 e. The molecule has 32 heavy (non-hydrogen) atoms. The topological polar surface area (TPSA) is 110 Å². The molecule has 1 saturated heterocycles. The van der Waals surface area contributed by atoms with Gasteiger partial charge in [-0.3, -0.25) is 4.79 Å². The van der Waals surface area contributed by atoms with Crippen molar-refractivity contribution in [1.82, 2.24) is 15.2 Å². The van der Waals surface area contributed by atoms with Crippen molar-refractivity contribution < 1.29 is 27.5 Å². The number of carbonyl (C=O) groups is 2. The van der Waals surface area contributed by atoms with Gasteiger partial charge in [0.1, 0.15) is 11.9 Å². The number of hydrogen-bond donors (Lipinski definition) is 3. The lowest BCUT2D eigenvalue weighted by Gasteiger charge is -2.29. The number of methoxy groups -OCH3 is 1. The standard InChI is InChI=1S/C20H27ClF3N5O3/c1-32-10-14(29-9-15(20(22,23)24)27-19(29)31)12-6-7-26-16(8-12)28-18(30)17(25)11-2-4-13(21)5-3-11/h6-8,11,13-15,17H,2-5,9-10,25H2,1H3,(H,27,31)(H,26,28,30)/t11?,13?,14-,15+,17+/m1/s1. The molecule has 2 heterocycles. The van der Waals surface area contributed by atoms with Crippen LogP contribution in [0.5, 0.6) is 0 Å². The van der Waals surface area contributed by atoms with Crippen LogP contribution in [0.3, 0.4) is 0 Å². The van der Waals surface area contributed by atoms with Gasteiger partial charge in [-0.05, 0) is 49.3 Å². The number of amides is 3. The van der Waals surface area contributed by atoms with Gasteiger partial charge in [-0.15, -0.1) is 11.6 Å². The van der Waals surface area contributed by atoms with Crippen LogP contribution in [0, 0.1) is 5.92 Å². The number of hydrogen-bond acceptors (Lipinski definition) is 5. The quantitative estimate of drug-likeness (QED) is 0.523. The fraction of sp³-hybridized carbons (Fsp3) is 0.650. The molecule has 1 saturated carbocycles. The number of halogens is 4. The van der Waals surface area contributed by atoms with Gasteiger partial charge in [0, 0.05) is 18.7 Å². The number of alkyl halides is 4. The van der Waals surface area contributed by atoms with Gasteiger partial charge in [0.2, 0.25) is 5.91 Å². The Morgan fingerprint density at radius 2 is 2.09 bits per heavy atom. The molecule has 1 aliphatic heterocycles. The Morgan fingerprint density at radius 3 is 2.69 bits per heavy atom. The van der Waals surface area contributed by atoms with Crippen molar-refractivity contribution in [1.29, 1.82) is 0 Å². The van der Waals surface area contributed by atoms with Crippen molar-refractivity contribution in [3.8, 4) is 0 Å². The fourth-order valence-electron chi connectivity index (χ4n) is 4.12. The van der Waals surface area contributed by atoms with Gasteiger partial charge in [-0.1, -0.05) is 0 Å². The largest absolute Gasteiger partial charge is 0.410 e. The summed E-state index contributed by atoms with van der Waals surface area (Å²) in [5.74, 6) is -0.184. The molecule has 3 rings (SSSR count). The molecule has 0 radical (unpaired) electrons. The van der Waals surface area contributed by atoms with E-state index in [0.29, 0.717) is 5.56 Å². The van der Waals surface area contributed by atoms with Crippen LogP contribution in [0.2, 0.25) is 0 Å². The Balaban J connectivity index is 1.71. The first-order valence-electron chi connectivity index (χ1n) is 10.4. The zero-order chi connectivity index (χ0) is 23.5. The number of nitrogens with zero attached hydrogens (tertiary/aromatic N) is 2. The highest BCUT2D eigenvalue weighted by molar-refractivity contribution is 6.20. The molecule has 1 aromatic heterocycles. The van der Waals surface area contributed by atoms with Gasteiger partial charge in [0.05, 0.1) is 25.2 Å². The molecular weight excluding hydrogens is 451 g/mol. The SMILES string of the molecule is COC[C@H](c1ccnc(NC(=O)[C@@H](N)C2CCC(Cl)CC2)c1)N1C[C@@H](C(F)(F)F)NC1=O. The molecule has 178 valence electrons. The number of anilines is 1. The molecule has 3 atom stereocenters. The van der Waals surface area contributed by atoms with Crippen LogP contribution in [-0.2, 0) is 9.53 Å². The summed E-state index contributed by atoms with van der Waals surface area (Å²) >= 11 is 6.11. The van der Waals surface area contributed by atoms with Crippen LogP contribution in [0.25, 0.3) is 0 Å². The molecule has 2 aliphatic rings. The number of aromatic nitrogens is 1. The highest BCUT2D eigenvalue weighted by atomic mass is 35.5. The number of pyridine rings is 1. The normalized spacial score (nSPS) is 25.9. The lowest BCUT2D eigenvalue weighted by molar-refractivity contribution is -0.150. The first kappa shape index (κ1) is 24.5. The van der Waals surface area contributed by atoms with Gasteiger partial charge in [-0.25, -0.2) is 9.78 Å². The van der Waals surface area contributed by atoms with E-state index in [9.17, 15) is 22.8 Å². The number of rotatable bonds is 7. The van der Waals surface area contributed by atoms with Crippen molar-refractivity contribution in [2.24, 2.45) is 11.7 Å². The maximum Gasteiger partial charge on any atom is 0.410 e. The number of ether oxygens (including phenoxy) is 1. The van der Waals surface area contributed by atoms with Gasteiger partial charge in [0.25, 0.3) is 0 Å². The molecule has 4 N–H and O–H groups in total. The summed E-state index contributed by atoms with van der Waals surface area (Å²) in [5, 5.41) is 4.73. The maximum atomic E-state index is 13.1. The Labute approximate surface area is 189 Å². The molecule has 3 amide bonds. The second-order valence-corrected chi connectivity index (χ2v) is 8.79. The summed E-state index contributed by atoms with van der Waals surface area (Å²) < 4.78 is 44.3. The zero-order valence-electron chi connectivity index (χ0n) is 17.6. The third kappa shape index (κ3) is 5.81. The molecule has 12 heteroatoms. The fourth-order valence-corrected chi connectivity index (χ4v) is 4.37. The Bertz CT molecular complexity index is 820. The lowest BCUT2D eigenvalue weighted by Crippen LogP contribution is -2.43. The van der Waals surface area contributed by atoms with Crippen LogP contribution >= 0.6 is 11.6 Å². The lowest BCUT2D eigenvalue weighted by atomic mass is 9.83. The van der Waals surface area contributed by atoms with E-state index in [1.165, 1.54) is 19.4 Å². The molecule has 1 aliphatic carbocycles. The summed E-state index contributed by atoms with van der Waals surface area (Å²) in [6, 6.07) is -1.24. The highest BCUT2D eigenvalue weighted by Crippen LogP contribution is 2.32. The summed E-state index contributed by atoms with van der Waals surface area (Å²) in [5.41, 5.74) is 6.61. The van der Waals surface area contributed by atoms with E-state index >= 15 is 0 Å². The molecule has 0 aromatic carbocycles. The Morgan fingerprint density at radius 1 is 1.41 bits per heavy atom. The van der Waals surface area contributed by atoms with E-state index < -0.39 is 42.8 Å². The van der Waals surface area contributed by atoms with Crippen molar-refractivity contribution in [3.63, 3.8) is 0 Å². The summed E-state index contributed by atoms with van der Waals surface area (Å²) in [4.78, 5) is 30.0. The number of carbonyl (C=O) groups excluding carboxylic acids is 2. The number of urea groups is 1. The predicted octanol–water partition coefficient (Wildman–Crippen LogP) is 2.79. The monoisotopic (exact) mass is 477 g/mol. The van der Waals surface area contributed by atoms with E-state index in [4.69, 9.17) is 22.1 Å². The van der Waals surface area contributed by atoms with Crippen LogP contribution in [0.1, 0.15) is 37.3 Å². The minimum atomic E-state index is -4.56. The minimum absolute atomic E-state index is 0.0158. The smallest absolute Gasteiger partial charge is 0.382 e. The average molecular weight is 478 g/mol. The van der Waals surface area contributed by atoms with E-state index in [0.717, 1.165) is 30.6 Å². The Hall–Kier alpha value is -2.11. The second-order valence-electron chi connectivity index (χ2n) is 8.17. The van der Waals surface area contributed by atoms with E-state index in [-0.39, 0.29) is 23.7 Å². The second kappa shape index (κ2) is 10.2. The number of nitrogens with one attached hydrogen (secondary N) is 2. The van der Waals surface area contributed by atoms with E-state index in [1.54, 1.807) is 6.07 Å². The molecule has 2 fully saturated rings.